The van der Waals surface area contributed by atoms with Crippen LogP contribution in [0.2, 0.25) is 0 Å². The number of benzene rings is 2. The summed E-state index contributed by atoms with van der Waals surface area (Å²) in [6, 6.07) is 15.6. The Balaban J connectivity index is 1.84. The molecule has 2 aromatic rings. The molecule has 0 bridgehead atoms. The van der Waals surface area contributed by atoms with Crippen molar-refractivity contribution in [3.05, 3.63) is 65.7 Å². The molecule has 0 unspecified atom stereocenters. The number of alkyl carbamates (subject to hydrolysis) is 2. The molecule has 0 aliphatic carbocycles. The van der Waals surface area contributed by atoms with Crippen molar-refractivity contribution >= 4 is 18.2 Å². The largest absolute Gasteiger partial charge is 0.492 e. The Labute approximate surface area is 218 Å². The van der Waals surface area contributed by atoms with E-state index in [1.807, 2.05) is 30.3 Å². The molecule has 0 radical (unpaired) electrons. The van der Waals surface area contributed by atoms with Gasteiger partial charge < -0.3 is 29.6 Å². The second-order valence-corrected chi connectivity index (χ2v) is 10.4. The van der Waals surface area contributed by atoms with Crippen molar-refractivity contribution in [2.45, 2.75) is 71.8 Å². The highest BCUT2D eigenvalue weighted by Gasteiger charge is 2.29. The highest BCUT2D eigenvalue weighted by atomic mass is 16.6. The molecule has 2 aromatic carbocycles. The lowest BCUT2D eigenvalue weighted by atomic mass is 10.1. The molecular formula is C28H38N2O7. The van der Waals surface area contributed by atoms with Crippen LogP contribution in [0.15, 0.2) is 54.6 Å². The molecule has 9 heteroatoms. The monoisotopic (exact) mass is 514 g/mol. The van der Waals surface area contributed by atoms with Crippen LogP contribution < -0.4 is 15.4 Å². The van der Waals surface area contributed by atoms with Gasteiger partial charge in [0.15, 0.2) is 0 Å². The summed E-state index contributed by atoms with van der Waals surface area (Å²) in [5.41, 5.74) is 0.297. The maximum absolute atomic E-state index is 12.7. The van der Waals surface area contributed by atoms with Crippen molar-refractivity contribution in [3.8, 4) is 5.75 Å². The first-order valence-corrected chi connectivity index (χ1v) is 12.2. The van der Waals surface area contributed by atoms with E-state index in [9.17, 15) is 14.4 Å². The zero-order valence-corrected chi connectivity index (χ0v) is 22.5. The summed E-state index contributed by atoms with van der Waals surface area (Å²) in [4.78, 5) is 36.8. The topological polar surface area (TPSA) is 112 Å². The molecule has 2 rings (SSSR count). The maximum atomic E-state index is 12.7. The van der Waals surface area contributed by atoms with Crippen LogP contribution in [-0.2, 0) is 32.0 Å². The fourth-order valence-electron chi connectivity index (χ4n) is 3.07. The van der Waals surface area contributed by atoms with E-state index in [2.05, 4.69) is 10.6 Å². The summed E-state index contributed by atoms with van der Waals surface area (Å²) in [5, 5.41) is 5.25. The van der Waals surface area contributed by atoms with Gasteiger partial charge in [-0.05, 0) is 64.8 Å². The molecule has 2 amide bonds. The predicted molar refractivity (Wildman–Crippen MR) is 139 cm³/mol. The molecule has 0 fully saturated rings. The van der Waals surface area contributed by atoms with Crippen LogP contribution in [0.3, 0.4) is 0 Å². The van der Waals surface area contributed by atoms with E-state index < -0.39 is 35.4 Å². The first-order valence-electron chi connectivity index (χ1n) is 12.2. The molecule has 1 atom stereocenters. The van der Waals surface area contributed by atoms with Gasteiger partial charge in [-0.1, -0.05) is 42.5 Å². The smallest absolute Gasteiger partial charge is 0.408 e. The SMILES string of the molecule is CC(C)(C)OC(=O)N[C@@H](Cc1ccc(OCCNC(=O)OCc2ccccc2)cc1)C(=O)OC(C)(C)C. The van der Waals surface area contributed by atoms with Gasteiger partial charge in [0.05, 0.1) is 6.54 Å². The minimum atomic E-state index is -0.924. The van der Waals surface area contributed by atoms with Crippen LogP contribution in [0.4, 0.5) is 9.59 Å². The van der Waals surface area contributed by atoms with E-state index in [1.165, 1.54) is 0 Å². The minimum absolute atomic E-state index is 0.196. The summed E-state index contributed by atoms with van der Waals surface area (Å²) in [6.07, 6.45) is -1.00. The van der Waals surface area contributed by atoms with E-state index >= 15 is 0 Å². The Morgan fingerprint density at radius 1 is 0.784 bits per heavy atom. The Kier molecular flexibility index (Phi) is 10.8. The predicted octanol–water partition coefficient (Wildman–Crippen LogP) is 4.77. The first-order chi connectivity index (χ1) is 17.3. The Bertz CT molecular complexity index is 1010. The van der Waals surface area contributed by atoms with Crippen molar-refractivity contribution in [1.29, 1.82) is 0 Å². The van der Waals surface area contributed by atoms with Crippen LogP contribution in [0.1, 0.15) is 52.7 Å². The highest BCUT2D eigenvalue weighted by Crippen LogP contribution is 2.16. The van der Waals surface area contributed by atoms with Gasteiger partial charge in [-0.15, -0.1) is 0 Å². The molecule has 2 N–H and O–H groups in total. The lowest BCUT2D eigenvalue weighted by Crippen LogP contribution is -2.47. The van der Waals surface area contributed by atoms with E-state index in [1.54, 1.807) is 65.8 Å². The molecule has 0 saturated heterocycles. The summed E-state index contributed by atoms with van der Waals surface area (Å²) in [6.45, 7) is 11.3. The van der Waals surface area contributed by atoms with E-state index in [0.717, 1.165) is 11.1 Å². The number of carbonyl (C=O) groups excluding carboxylic acids is 3. The molecule has 37 heavy (non-hydrogen) atoms. The fraction of sp³-hybridized carbons (Fsp3) is 0.464. The second kappa shape index (κ2) is 13.5. The van der Waals surface area contributed by atoms with Crippen LogP contribution in [-0.4, -0.2) is 48.6 Å². The Hall–Kier alpha value is -3.75. The molecule has 202 valence electrons. The molecule has 9 nitrogen and oxygen atoms in total. The summed E-state index contributed by atoms with van der Waals surface area (Å²) in [5.74, 6) is 0.0426. The van der Waals surface area contributed by atoms with Gasteiger partial charge in [0.2, 0.25) is 0 Å². The molecule has 0 aliphatic rings. The number of hydrogen-bond acceptors (Lipinski definition) is 7. The normalized spacial score (nSPS) is 12.2. The molecule has 0 aliphatic heterocycles. The van der Waals surface area contributed by atoms with Crippen molar-refractivity contribution in [1.82, 2.24) is 10.6 Å². The van der Waals surface area contributed by atoms with Gasteiger partial charge in [0.1, 0.15) is 36.2 Å². The summed E-state index contributed by atoms with van der Waals surface area (Å²) >= 11 is 0. The average Bonchev–Trinajstić information content (AvgIpc) is 2.79. The molecule has 0 saturated carbocycles. The number of ether oxygens (including phenoxy) is 4. The number of carbonyl (C=O) groups is 3. The van der Waals surface area contributed by atoms with Crippen molar-refractivity contribution in [2.24, 2.45) is 0 Å². The number of rotatable bonds is 10. The van der Waals surface area contributed by atoms with Gasteiger partial charge in [-0.3, -0.25) is 0 Å². The van der Waals surface area contributed by atoms with Gasteiger partial charge in [-0.2, -0.15) is 0 Å². The van der Waals surface area contributed by atoms with E-state index in [4.69, 9.17) is 18.9 Å². The van der Waals surface area contributed by atoms with Crippen LogP contribution >= 0.6 is 0 Å². The van der Waals surface area contributed by atoms with Crippen molar-refractivity contribution in [2.75, 3.05) is 13.2 Å². The third-order valence-corrected chi connectivity index (χ3v) is 4.60. The lowest BCUT2D eigenvalue weighted by Gasteiger charge is -2.26. The standard InChI is InChI=1S/C28H38N2O7/c1-27(2,3)36-24(31)23(30-26(33)37-28(4,5)6)18-20-12-14-22(15-13-20)34-17-16-29-25(32)35-19-21-10-8-7-9-11-21/h7-15,23H,16-19H2,1-6H3,(H,29,32)(H,30,33)/t23-/m0/s1. The summed E-state index contributed by atoms with van der Waals surface area (Å²) in [7, 11) is 0. The molecular weight excluding hydrogens is 476 g/mol. The van der Waals surface area contributed by atoms with E-state index in [0.29, 0.717) is 5.75 Å². The van der Waals surface area contributed by atoms with Gasteiger partial charge in [-0.25, -0.2) is 14.4 Å². The highest BCUT2D eigenvalue weighted by molar-refractivity contribution is 5.82. The van der Waals surface area contributed by atoms with Gasteiger partial charge >= 0.3 is 18.2 Å². The van der Waals surface area contributed by atoms with Gasteiger partial charge in [0, 0.05) is 6.42 Å². The quantitative estimate of drug-likeness (QED) is 0.267. The Morgan fingerprint density at radius 2 is 1.41 bits per heavy atom. The zero-order chi connectivity index (χ0) is 27.5. The molecule has 0 heterocycles. The number of hydrogen-bond donors (Lipinski definition) is 2. The van der Waals surface area contributed by atoms with E-state index in [-0.39, 0.29) is 26.2 Å². The first kappa shape index (κ1) is 29.5. The zero-order valence-electron chi connectivity index (χ0n) is 22.5. The van der Waals surface area contributed by atoms with Crippen molar-refractivity contribution in [3.63, 3.8) is 0 Å². The van der Waals surface area contributed by atoms with Crippen LogP contribution in [0.5, 0.6) is 5.75 Å². The van der Waals surface area contributed by atoms with Crippen LogP contribution in [0.25, 0.3) is 0 Å². The lowest BCUT2D eigenvalue weighted by molar-refractivity contribution is -0.157. The summed E-state index contributed by atoms with van der Waals surface area (Å²) < 4.78 is 21.6. The second-order valence-electron chi connectivity index (χ2n) is 10.4. The number of esters is 1. The number of nitrogens with one attached hydrogen (secondary N) is 2. The van der Waals surface area contributed by atoms with Crippen LogP contribution in [0, 0.1) is 0 Å². The Morgan fingerprint density at radius 3 is 2.00 bits per heavy atom. The average molecular weight is 515 g/mol. The number of amides is 2. The van der Waals surface area contributed by atoms with Gasteiger partial charge in [0.25, 0.3) is 0 Å². The molecule has 0 aromatic heterocycles. The third-order valence-electron chi connectivity index (χ3n) is 4.60. The van der Waals surface area contributed by atoms with Crippen molar-refractivity contribution < 1.29 is 33.3 Å². The third kappa shape index (κ3) is 12.7. The minimum Gasteiger partial charge on any atom is -0.492 e. The maximum Gasteiger partial charge on any atom is 0.408 e. The fourth-order valence-corrected chi connectivity index (χ4v) is 3.07. The molecule has 0 spiro atoms.